The summed E-state index contributed by atoms with van der Waals surface area (Å²) < 4.78 is 0. The molecule has 17 heavy (non-hydrogen) atoms. The molecule has 0 heterocycles. The first-order chi connectivity index (χ1) is 8.07. The first-order valence-electron chi connectivity index (χ1n) is 7.86. The van der Waals surface area contributed by atoms with Gasteiger partial charge in [-0.15, -0.1) is 7.68 Å². The van der Waals surface area contributed by atoms with Crippen molar-refractivity contribution in [2.24, 2.45) is 0 Å². The summed E-state index contributed by atoms with van der Waals surface area (Å²) in [7, 11) is -0.291. The molecule has 0 N–H and O–H groups in total. The van der Waals surface area contributed by atoms with Crippen LogP contribution in [0.4, 0.5) is 0 Å². The highest BCUT2D eigenvalue weighted by Crippen LogP contribution is 2.50. The average Bonchev–Trinajstić information content (AvgIpc) is 2.37. The van der Waals surface area contributed by atoms with Gasteiger partial charge in [0.1, 0.15) is 0 Å². The Bertz CT molecular complexity index is 167. The highest BCUT2D eigenvalue weighted by Gasteiger charge is 2.38. The predicted octanol–water partition coefficient (Wildman–Crippen LogP) is 6.46. The van der Waals surface area contributed by atoms with Crippen LogP contribution >= 0.6 is 7.68 Å². The lowest BCUT2D eigenvalue weighted by atomic mass is 10.6. The largest absolute Gasteiger partial charge is 0.143 e. The third kappa shape index (κ3) is 5.16. The van der Waals surface area contributed by atoms with Gasteiger partial charge in [0.15, 0.2) is 0 Å². The van der Waals surface area contributed by atoms with Crippen molar-refractivity contribution in [3.63, 3.8) is 0 Å². The Morgan fingerprint density at radius 2 is 0.882 bits per heavy atom. The number of hydrogen-bond acceptors (Lipinski definition) is 0. The van der Waals surface area contributed by atoms with E-state index in [1.807, 2.05) is 0 Å². The van der Waals surface area contributed by atoms with E-state index in [9.17, 15) is 0 Å². The van der Waals surface area contributed by atoms with E-state index >= 15 is 0 Å². The van der Waals surface area contributed by atoms with Crippen LogP contribution in [0.15, 0.2) is 0 Å². The fourth-order valence-corrected chi connectivity index (χ4v) is 36.1. The van der Waals surface area contributed by atoms with Crippen molar-refractivity contribution >= 4 is 23.2 Å². The van der Waals surface area contributed by atoms with Gasteiger partial charge in [-0.3, -0.25) is 0 Å². The molecule has 0 aromatic rings. The molecule has 0 saturated carbocycles. The van der Waals surface area contributed by atoms with Gasteiger partial charge in [0.05, 0.1) is 15.5 Å². The topological polar surface area (TPSA) is 0 Å². The van der Waals surface area contributed by atoms with Crippen LogP contribution in [0, 0.1) is 0 Å². The second kappa shape index (κ2) is 8.88. The van der Waals surface area contributed by atoms with Crippen molar-refractivity contribution in [3.8, 4) is 0 Å². The summed E-state index contributed by atoms with van der Waals surface area (Å²) in [6.07, 6.45) is 2.87. The van der Waals surface area contributed by atoms with Crippen LogP contribution < -0.4 is 0 Å². The molecule has 0 unspecified atom stereocenters. The van der Waals surface area contributed by atoms with Crippen LogP contribution in [0.25, 0.3) is 0 Å². The van der Waals surface area contributed by atoms with Crippen molar-refractivity contribution < 1.29 is 0 Å². The molecular formula is C14H35PSi2. The number of rotatable bonds is 10. The van der Waals surface area contributed by atoms with Gasteiger partial charge in [0.2, 0.25) is 0 Å². The van der Waals surface area contributed by atoms with Crippen molar-refractivity contribution in [3.05, 3.63) is 0 Å². The lowest BCUT2D eigenvalue weighted by Gasteiger charge is -2.40. The second-order valence-electron chi connectivity index (χ2n) is 5.60. The van der Waals surface area contributed by atoms with Gasteiger partial charge in [-0.25, -0.2) is 0 Å². The zero-order valence-electron chi connectivity index (χ0n) is 13.2. The third-order valence-corrected chi connectivity index (χ3v) is 32.6. The van der Waals surface area contributed by atoms with E-state index in [4.69, 9.17) is 0 Å². The number of hydrogen-bond donors (Lipinski definition) is 0. The van der Waals surface area contributed by atoms with Crippen molar-refractivity contribution in [1.29, 1.82) is 0 Å². The van der Waals surface area contributed by atoms with Crippen LogP contribution in [-0.2, 0) is 0 Å². The Balaban J connectivity index is 4.89. The summed E-state index contributed by atoms with van der Waals surface area (Å²) in [6.45, 7) is 14.8. The van der Waals surface area contributed by atoms with E-state index in [2.05, 4.69) is 41.5 Å². The molecule has 0 atom stereocenters. The molecule has 3 heteroatoms. The van der Waals surface area contributed by atoms with E-state index in [0.717, 1.165) is 0 Å². The summed E-state index contributed by atoms with van der Waals surface area (Å²) in [5.41, 5.74) is 0. The fraction of sp³-hybridized carbons (Fsp3) is 1.00. The minimum absolute atomic E-state index is 0.869. The molecule has 0 spiro atoms. The highest BCUT2D eigenvalue weighted by atomic mass is 31.6. The summed E-state index contributed by atoms with van der Waals surface area (Å²) in [5.74, 6) is 0. The van der Waals surface area contributed by atoms with Crippen LogP contribution in [0.1, 0.15) is 54.4 Å². The van der Waals surface area contributed by atoms with Crippen LogP contribution in [0.2, 0.25) is 36.3 Å². The van der Waals surface area contributed by atoms with Crippen LogP contribution in [0.3, 0.4) is 0 Å². The lowest BCUT2D eigenvalue weighted by Crippen LogP contribution is -2.38. The van der Waals surface area contributed by atoms with E-state index in [1.54, 1.807) is 36.3 Å². The van der Waals surface area contributed by atoms with E-state index < -0.39 is 15.5 Å². The van der Waals surface area contributed by atoms with Gasteiger partial charge < -0.3 is 0 Å². The predicted molar refractivity (Wildman–Crippen MR) is 91.9 cm³/mol. The molecule has 0 amide bonds. The standard InChI is InChI=1S/C14H35PSi2/c1-7-13-16(9-3,10-4)15-17(11-5,12-6)14-8-2/h15H,7-14H2,1-6H3. The monoisotopic (exact) mass is 290 g/mol. The molecule has 0 aliphatic rings. The fourth-order valence-electron chi connectivity index (χ4n) is 3.21. The molecule has 0 nitrogen and oxygen atoms in total. The summed E-state index contributed by atoms with van der Waals surface area (Å²) in [6, 6.07) is 9.42. The van der Waals surface area contributed by atoms with E-state index in [1.165, 1.54) is 20.5 Å². The highest BCUT2D eigenvalue weighted by molar-refractivity contribution is 8.07. The Morgan fingerprint density at radius 1 is 0.588 bits per heavy atom. The Hall–Kier alpha value is 0.864. The Kier molecular flexibility index (Phi) is 9.33. The molecule has 0 saturated heterocycles. The zero-order valence-corrected chi connectivity index (χ0v) is 16.2. The molecule has 0 rings (SSSR count). The van der Waals surface area contributed by atoms with E-state index in [0.29, 0.717) is 0 Å². The second-order valence-corrected chi connectivity index (χ2v) is 24.2. The van der Waals surface area contributed by atoms with Crippen LogP contribution in [0.5, 0.6) is 0 Å². The molecule has 0 fully saturated rings. The van der Waals surface area contributed by atoms with Gasteiger partial charge >= 0.3 is 0 Å². The van der Waals surface area contributed by atoms with Gasteiger partial charge in [0.25, 0.3) is 0 Å². The molecule has 0 aromatic carbocycles. The summed E-state index contributed by atoms with van der Waals surface area (Å²) >= 11 is 0. The molecule has 0 bridgehead atoms. The maximum atomic E-state index is 2.49. The zero-order chi connectivity index (χ0) is 13.4. The first kappa shape index (κ1) is 17.9. The molecular weight excluding hydrogens is 255 g/mol. The first-order valence-corrected chi connectivity index (χ1v) is 16.1. The summed E-state index contributed by atoms with van der Waals surface area (Å²) in [4.78, 5) is 0. The van der Waals surface area contributed by atoms with Gasteiger partial charge in [-0.1, -0.05) is 90.6 Å². The molecule has 0 aromatic heterocycles. The average molecular weight is 291 g/mol. The van der Waals surface area contributed by atoms with E-state index in [-0.39, 0.29) is 0 Å². The maximum absolute atomic E-state index is 2.49. The quantitative estimate of drug-likeness (QED) is 0.320. The third-order valence-electron chi connectivity index (χ3n) is 4.69. The minimum atomic E-state index is -0.869. The van der Waals surface area contributed by atoms with Crippen molar-refractivity contribution in [2.45, 2.75) is 90.6 Å². The summed E-state index contributed by atoms with van der Waals surface area (Å²) in [5, 5.41) is 0. The smallest absolute Gasteiger partial charge is 0.0733 e. The molecule has 104 valence electrons. The van der Waals surface area contributed by atoms with Crippen LogP contribution in [-0.4, -0.2) is 15.5 Å². The Labute approximate surface area is 114 Å². The lowest BCUT2D eigenvalue weighted by molar-refractivity contribution is 1.03. The van der Waals surface area contributed by atoms with Crippen molar-refractivity contribution in [1.82, 2.24) is 0 Å². The maximum Gasteiger partial charge on any atom is 0.0733 e. The van der Waals surface area contributed by atoms with Gasteiger partial charge in [-0.2, -0.15) is 0 Å². The molecule has 0 radical (unpaired) electrons. The van der Waals surface area contributed by atoms with Crippen molar-refractivity contribution in [2.75, 3.05) is 0 Å². The molecule has 0 aliphatic heterocycles. The Morgan fingerprint density at radius 3 is 1.06 bits per heavy atom. The normalized spacial score (nSPS) is 13.1. The molecule has 0 aliphatic carbocycles. The minimum Gasteiger partial charge on any atom is -0.143 e. The van der Waals surface area contributed by atoms with Gasteiger partial charge in [-0.05, 0) is 0 Å². The SMILES string of the molecule is CCC[Si](CC)(CC)P[Si](CC)(CC)CCC. The van der Waals surface area contributed by atoms with Gasteiger partial charge in [0, 0.05) is 0 Å².